The van der Waals surface area contributed by atoms with Gasteiger partial charge in [0.1, 0.15) is 11.5 Å². The molecule has 0 unspecified atom stereocenters. The molecule has 0 spiro atoms. The first-order chi connectivity index (χ1) is 26.3. The van der Waals surface area contributed by atoms with E-state index in [1.807, 2.05) is 12.4 Å². The molecule has 248 valence electrons. The molecule has 0 amide bonds. The smallest absolute Gasteiger partial charge is 0.256 e. The molecule has 0 atom stereocenters. The predicted octanol–water partition coefficient (Wildman–Crippen LogP) is 10.4. The second kappa shape index (κ2) is 11.8. The van der Waals surface area contributed by atoms with Crippen LogP contribution >= 0.6 is 0 Å². The molecule has 0 N–H and O–H groups in total. The maximum Gasteiger partial charge on any atom is 0.256 e. The van der Waals surface area contributed by atoms with E-state index in [4.69, 9.17) is 4.74 Å². The topological polar surface area (TPSA) is 31.8 Å². The van der Waals surface area contributed by atoms with Gasteiger partial charge in [0.25, 0.3) is 6.71 Å². The van der Waals surface area contributed by atoms with Crippen LogP contribution in [0, 0.1) is 0 Å². The molecule has 3 aliphatic heterocycles. The Morgan fingerprint density at radius 1 is 0.396 bits per heavy atom. The number of aromatic nitrogens is 1. The molecular weight excluding hydrogens is 647 g/mol. The summed E-state index contributed by atoms with van der Waals surface area (Å²) in [6.45, 7) is -0.0192. The van der Waals surface area contributed by atoms with E-state index < -0.39 is 0 Å². The number of para-hydroxylation sites is 6. The third-order valence-corrected chi connectivity index (χ3v) is 10.7. The molecule has 0 saturated carbocycles. The number of nitrogens with zero attached hydrogens (tertiary/aromatic N) is 4. The summed E-state index contributed by atoms with van der Waals surface area (Å²) in [5, 5.41) is 0. The number of anilines is 9. The number of benzene rings is 7. The zero-order chi connectivity index (χ0) is 34.9. The van der Waals surface area contributed by atoms with Crippen molar-refractivity contribution in [3.63, 3.8) is 0 Å². The van der Waals surface area contributed by atoms with Gasteiger partial charge in [-0.3, -0.25) is 4.98 Å². The number of ether oxygens (including phenoxy) is 1. The van der Waals surface area contributed by atoms with E-state index in [9.17, 15) is 0 Å². The van der Waals surface area contributed by atoms with Gasteiger partial charge in [-0.05, 0) is 100 Å². The van der Waals surface area contributed by atoms with Crippen molar-refractivity contribution in [2.24, 2.45) is 0 Å². The van der Waals surface area contributed by atoms with Crippen LogP contribution in [0.15, 0.2) is 188 Å². The monoisotopic (exact) mass is 678 g/mol. The molecule has 53 heavy (non-hydrogen) atoms. The average Bonchev–Trinajstić information content (AvgIpc) is 3.23. The molecule has 7 aromatic carbocycles. The van der Waals surface area contributed by atoms with Crippen molar-refractivity contribution < 1.29 is 4.74 Å². The molecule has 0 saturated heterocycles. The zero-order valence-electron chi connectivity index (χ0n) is 28.7. The summed E-state index contributed by atoms with van der Waals surface area (Å²) < 4.78 is 7.00. The second-order valence-corrected chi connectivity index (χ2v) is 13.6. The SMILES string of the molecule is c1ccc(N2c3ccccc3N(c3ccc(-c4ccncc4)cc3)c3cc4c5c(c32)N(c2ccccc2)c2ccccc2B5c2ccccc2O4)cc1. The van der Waals surface area contributed by atoms with E-state index in [-0.39, 0.29) is 6.71 Å². The maximum absolute atomic E-state index is 7.00. The Morgan fingerprint density at radius 3 is 1.62 bits per heavy atom. The van der Waals surface area contributed by atoms with E-state index >= 15 is 0 Å². The molecule has 8 aromatic rings. The van der Waals surface area contributed by atoms with Crippen LogP contribution in [0.4, 0.5) is 51.2 Å². The lowest BCUT2D eigenvalue weighted by molar-refractivity contribution is 0.487. The summed E-state index contributed by atoms with van der Waals surface area (Å²) in [4.78, 5) is 11.5. The summed E-state index contributed by atoms with van der Waals surface area (Å²) in [5.74, 6) is 1.76. The molecule has 0 radical (unpaired) electrons. The third kappa shape index (κ3) is 4.49. The number of fused-ring (bicyclic) bond motifs is 7. The van der Waals surface area contributed by atoms with Crippen molar-refractivity contribution in [2.75, 3.05) is 14.7 Å². The van der Waals surface area contributed by atoms with Gasteiger partial charge in [0.05, 0.1) is 28.4 Å². The van der Waals surface area contributed by atoms with Gasteiger partial charge in [-0.1, -0.05) is 97.1 Å². The van der Waals surface area contributed by atoms with Crippen LogP contribution in [-0.4, -0.2) is 11.7 Å². The molecule has 0 fully saturated rings. The van der Waals surface area contributed by atoms with Crippen molar-refractivity contribution in [1.29, 1.82) is 0 Å². The van der Waals surface area contributed by atoms with E-state index in [0.29, 0.717) is 0 Å². The minimum Gasteiger partial charge on any atom is -0.458 e. The van der Waals surface area contributed by atoms with Crippen LogP contribution in [0.25, 0.3) is 11.1 Å². The van der Waals surface area contributed by atoms with E-state index in [0.717, 1.165) is 73.8 Å². The fourth-order valence-corrected chi connectivity index (χ4v) is 8.49. The number of hydrogen-bond donors (Lipinski definition) is 0. The predicted molar refractivity (Wildman–Crippen MR) is 218 cm³/mol. The summed E-state index contributed by atoms with van der Waals surface area (Å²) in [7, 11) is 0. The molecule has 4 heterocycles. The summed E-state index contributed by atoms with van der Waals surface area (Å²) in [6.07, 6.45) is 3.69. The minimum absolute atomic E-state index is 0.0192. The van der Waals surface area contributed by atoms with Gasteiger partial charge >= 0.3 is 0 Å². The largest absolute Gasteiger partial charge is 0.458 e. The fraction of sp³-hybridized carbons (Fsp3) is 0. The van der Waals surface area contributed by atoms with Crippen LogP contribution in [-0.2, 0) is 0 Å². The Bertz CT molecular complexity index is 2670. The first kappa shape index (κ1) is 29.7. The Kier molecular flexibility index (Phi) is 6.58. The Morgan fingerprint density at radius 2 is 0.925 bits per heavy atom. The van der Waals surface area contributed by atoms with Crippen LogP contribution in [0.1, 0.15) is 0 Å². The summed E-state index contributed by atoms with van der Waals surface area (Å²) in [6, 6.07) is 62.8. The van der Waals surface area contributed by atoms with E-state index in [1.165, 1.54) is 16.4 Å². The van der Waals surface area contributed by atoms with Crippen molar-refractivity contribution >= 4 is 74.3 Å². The average molecular weight is 679 g/mol. The van der Waals surface area contributed by atoms with Crippen LogP contribution in [0.3, 0.4) is 0 Å². The van der Waals surface area contributed by atoms with Crippen LogP contribution in [0.5, 0.6) is 11.5 Å². The van der Waals surface area contributed by atoms with Gasteiger partial charge in [0.2, 0.25) is 0 Å². The van der Waals surface area contributed by atoms with Gasteiger partial charge in [-0.2, -0.15) is 0 Å². The Hall–Kier alpha value is -7.05. The van der Waals surface area contributed by atoms with Crippen molar-refractivity contribution in [3.05, 3.63) is 188 Å². The zero-order valence-corrected chi connectivity index (χ0v) is 28.7. The second-order valence-electron chi connectivity index (χ2n) is 13.6. The standard InChI is InChI=1S/C47H31BN4O/c1-3-13-34(14-4-1)51-39-19-9-7-17-37(39)48-38-18-8-12-22-43(38)53-44-31-42-46(47(51)45(44)48)52(35-15-5-2-6-16-35)41-21-11-10-20-40(41)50(42)36-25-23-32(24-26-36)33-27-29-49-30-28-33/h1-31H. The molecule has 6 heteroatoms. The maximum atomic E-state index is 7.00. The molecule has 3 aliphatic rings. The highest BCUT2D eigenvalue weighted by Crippen LogP contribution is 2.60. The van der Waals surface area contributed by atoms with E-state index in [2.05, 4.69) is 196 Å². The van der Waals surface area contributed by atoms with Crippen molar-refractivity contribution in [2.45, 2.75) is 0 Å². The van der Waals surface area contributed by atoms with E-state index in [1.54, 1.807) is 0 Å². The lowest BCUT2D eigenvalue weighted by Gasteiger charge is -2.47. The Balaban J connectivity index is 1.26. The van der Waals surface area contributed by atoms with Gasteiger partial charge in [0, 0.05) is 41.2 Å². The molecule has 1 aromatic heterocycles. The van der Waals surface area contributed by atoms with Gasteiger partial charge in [-0.25, -0.2) is 0 Å². The van der Waals surface area contributed by atoms with Crippen molar-refractivity contribution in [1.82, 2.24) is 4.98 Å². The fourth-order valence-electron chi connectivity index (χ4n) is 8.49. The minimum atomic E-state index is -0.0192. The third-order valence-electron chi connectivity index (χ3n) is 10.7. The van der Waals surface area contributed by atoms with Crippen molar-refractivity contribution in [3.8, 4) is 22.6 Å². The molecule has 0 aliphatic carbocycles. The van der Waals surface area contributed by atoms with Gasteiger partial charge < -0.3 is 19.4 Å². The lowest BCUT2D eigenvalue weighted by atomic mass is 9.34. The first-order valence-electron chi connectivity index (χ1n) is 18.0. The summed E-state index contributed by atoms with van der Waals surface area (Å²) >= 11 is 0. The highest BCUT2D eigenvalue weighted by molar-refractivity contribution is 6.99. The quantitative estimate of drug-likeness (QED) is 0.173. The lowest BCUT2D eigenvalue weighted by Crippen LogP contribution is -2.59. The summed E-state index contributed by atoms with van der Waals surface area (Å²) in [5.41, 5.74) is 15.7. The molecule has 0 bridgehead atoms. The normalized spacial score (nSPS) is 13.3. The number of rotatable bonds is 4. The number of pyridine rings is 1. The Labute approximate surface area is 308 Å². The number of hydrogen-bond acceptors (Lipinski definition) is 5. The first-order valence-corrected chi connectivity index (χ1v) is 18.0. The van der Waals surface area contributed by atoms with Crippen LogP contribution in [0.2, 0.25) is 0 Å². The van der Waals surface area contributed by atoms with Crippen LogP contribution < -0.4 is 35.8 Å². The van der Waals surface area contributed by atoms with Gasteiger partial charge in [-0.15, -0.1) is 0 Å². The highest BCUT2D eigenvalue weighted by Gasteiger charge is 2.46. The van der Waals surface area contributed by atoms with Gasteiger partial charge in [0.15, 0.2) is 0 Å². The molecule has 11 rings (SSSR count). The molecule has 5 nitrogen and oxygen atoms in total. The molecular formula is C47H31BN4O. The highest BCUT2D eigenvalue weighted by atomic mass is 16.5.